The van der Waals surface area contributed by atoms with E-state index in [1.807, 2.05) is 0 Å². The molecular weight excluding hydrogens is 266 g/mol. The van der Waals surface area contributed by atoms with Crippen molar-refractivity contribution in [1.29, 1.82) is 0 Å². The first-order chi connectivity index (χ1) is 9.15. The van der Waals surface area contributed by atoms with Gasteiger partial charge in [0.25, 0.3) is 0 Å². The third kappa shape index (κ3) is 2.97. The Kier molecular flexibility index (Phi) is 4.24. The largest absolute Gasteiger partial charge is 0.496 e. The van der Waals surface area contributed by atoms with E-state index in [4.69, 9.17) is 21.1 Å². The first-order valence-corrected chi connectivity index (χ1v) is 6.06. The Balaban J connectivity index is 2.42. The SMILES string of the molecule is COc1cccc(C(O)c2cc(Cl)ccc2OC)n1. The number of pyridine rings is 1. The molecule has 100 valence electrons. The molecule has 2 aromatic rings. The van der Waals surface area contributed by atoms with Crippen LogP contribution in [-0.4, -0.2) is 24.3 Å². The van der Waals surface area contributed by atoms with Gasteiger partial charge < -0.3 is 14.6 Å². The predicted molar refractivity (Wildman–Crippen MR) is 72.9 cm³/mol. The van der Waals surface area contributed by atoms with Gasteiger partial charge in [0, 0.05) is 16.7 Å². The molecule has 5 heteroatoms. The van der Waals surface area contributed by atoms with Crippen molar-refractivity contribution in [3.63, 3.8) is 0 Å². The lowest BCUT2D eigenvalue weighted by Crippen LogP contribution is -2.05. The number of benzene rings is 1. The summed E-state index contributed by atoms with van der Waals surface area (Å²) < 4.78 is 10.3. The highest BCUT2D eigenvalue weighted by Gasteiger charge is 2.17. The summed E-state index contributed by atoms with van der Waals surface area (Å²) in [5.41, 5.74) is 1.04. The molecule has 0 saturated carbocycles. The van der Waals surface area contributed by atoms with Crippen LogP contribution in [0.15, 0.2) is 36.4 Å². The summed E-state index contributed by atoms with van der Waals surface area (Å²) in [6.07, 6.45) is -0.927. The number of nitrogens with zero attached hydrogens (tertiary/aromatic N) is 1. The summed E-state index contributed by atoms with van der Waals surface area (Å²) in [4.78, 5) is 4.20. The van der Waals surface area contributed by atoms with Crippen LogP contribution in [0, 0.1) is 0 Å². The van der Waals surface area contributed by atoms with Gasteiger partial charge in [-0.05, 0) is 24.3 Å². The molecule has 1 aromatic heterocycles. The minimum absolute atomic E-state index is 0.442. The Morgan fingerprint density at radius 2 is 1.95 bits per heavy atom. The molecule has 19 heavy (non-hydrogen) atoms. The molecule has 4 nitrogen and oxygen atoms in total. The van der Waals surface area contributed by atoms with E-state index in [0.29, 0.717) is 27.9 Å². The van der Waals surface area contributed by atoms with Crippen molar-refractivity contribution in [2.24, 2.45) is 0 Å². The second-order valence-electron chi connectivity index (χ2n) is 3.89. The van der Waals surface area contributed by atoms with Gasteiger partial charge in [-0.3, -0.25) is 0 Å². The Labute approximate surface area is 116 Å². The van der Waals surface area contributed by atoms with Gasteiger partial charge >= 0.3 is 0 Å². The van der Waals surface area contributed by atoms with E-state index in [2.05, 4.69) is 4.98 Å². The summed E-state index contributed by atoms with van der Waals surface area (Å²) in [6, 6.07) is 10.3. The average molecular weight is 280 g/mol. The first-order valence-electron chi connectivity index (χ1n) is 5.68. The van der Waals surface area contributed by atoms with E-state index in [1.165, 1.54) is 7.11 Å². The van der Waals surface area contributed by atoms with E-state index in [9.17, 15) is 5.11 Å². The minimum atomic E-state index is -0.927. The van der Waals surface area contributed by atoms with Crippen molar-refractivity contribution in [2.45, 2.75) is 6.10 Å². The molecular formula is C14H14ClNO3. The van der Waals surface area contributed by atoms with Crippen LogP contribution in [-0.2, 0) is 0 Å². The Morgan fingerprint density at radius 3 is 2.63 bits per heavy atom. The Bertz CT molecular complexity index is 574. The van der Waals surface area contributed by atoms with Crippen molar-refractivity contribution < 1.29 is 14.6 Å². The molecule has 2 rings (SSSR count). The number of aromatic nitrogens is 1. The topological polar surface area (TPSA) is 51.6 Å². The molecule has 0 saturated heterocycles. The lowest BCUT2D eigenvalue weighted by atomic mass is 10.0. The Morgan fingerprint density at radius 1 is 1.16 bits per heavy atom. The van der Waals surface area contributed by atoms with Crippen molar-refractivity contribution in [2.75, 3.05) is 14.2 Å². The summed E-state index contributed by atoms with van der Waals surface area (Å²) in [5, 5.41) is 10.9. The lowest BCUT2D eigenvalue weighted by Gasteiger charge is -2.15. The average Bonchev–Trinajstić information content (AvgIpc) is 2.46. The quantitative estimate of drug-likeness (QED) is 0.935. The summed E-state index contributed by atoms with van der Waals surface area (Å²) in [6.45, 7) is 0. The molecule has 1 unspecified atom stereocenters. The maximum absolute atomic E-state index is 10.4. The molecule has 0 aliphatic carbocycles. The zero-order valence-corrected chi connectivity index (χ0v) is 11.4. The van der Waals surface area contributed by atoms with E-state index < -0.39 is 6.10 Å². The zero-order chi connectivity index (χ0) is 13.8. The van der Waals surface area contributed by atoms with Crippen LogP contribution < -0.4 is 9.47 Å². The van der Waals surface area contributed by atoms with Gasteiger partial charge in [0.1, 0.15) is 11.9 Å². The molecule has 1 atom stereocenters. The second kappa shape index (κ2) is 5.91. The molecule has 0 fully saturated rings. The van der Waals surface area contributed by atoms with Crippen LogP contribution in [0.1, 0.15) is 17.4 Å². The highest BCUT2D eigenvalue weighted by Crippen LogP contribution is 2.31. The molecule has 0 aliphatic rings. The maximum atomic E-state index is 10.4. The number of aliphatic hydroxyl groups excluding tert-OH is 1. The third-order valence-electron chi connectivity index (χ3n) is 2.72. The normalized spacial score (nSPS) is 12.0. The third-order valence-corrected chi connectivity index (χ3v) is 2.96. The van der Waals surface area contributed by atoms with Crippen LogP contribution in [0.3, 0.4) is 0 Å². The number of hydrogen-bond acceptors (Lipinski definition) is 4. The molecule has 1 heterocycles. The molecule has 0 amide bonds. The Hall–Kier alpha value is -1.78. The number of ether oxygens (including phenoxy) is 2. The predicted octanol–water partition coefficient (Wildman–Crippen LogP) is 2.83. The van der Waals surface area contributed by atoms with Crippen LogP contribution in [0.5, 0.6) is 11.6 Å². The first kappa shape index (κ1) is 13.6. The lowest BCUT2D eigenvalue weighted by molar-refractivity contribution is 0.208. The van der Waals surface area contributed by atoms with Crippen molar-refractivity contribution in [1.82, 2.24) is 4.98 Å². The van der Waals surface area contributed by atoms with Crippen LogP contribution in [0.4, 0.5) is 0 Å². The summed E-state index contributed by atoms with van der Waals surface area (Å²) >= 11 is 5.95. The number of rotatable bonds is 4. The number of methoxy groups -OCH3 is 2. The van der Waals surface area contributed by atoms with E-state index in [0.717, 1.165) is 0 Å². The maximum Gasteiger partial charge on any atom is 0.213 e. The molecule has 0 aliphatic heterocycles. The number of aliphatic hydroxyl groups is 1. The molecule has 1 aromatic carbocycles. The van der Waals surface area contributed by atoms with Crippen LogP contribution in [0.2, 0.25) is 5.02 Å². The molecule has 0 spiro atoms. The van der Waals surface area contributed by atoms with Crippen LogP contribution in [0.25, 0.3) is 0 Å². The van der Waals surface area contributed by atoms with Gasteiger partial charge in [-0.25, -0.2) is 4.98 Å². The molecule has 0 radical (unpaired) electrons. The zero-order valence-electron chi connectivity index (χ0n) is 10.6. The fraction of sp³-hybridized carbons (Fsp3) is 0.214. The van der Waals surface area contributed by atoms with Gasteiger partial charge in [-0.1, -0.05) is 17.7 Å². The van der Waals surface area contributed by atoms with E-state index >= 15 is 0 Å². The monoisotopic (exact) mass is 279 g/mol. The summed E-state index contributed by atoms with van der Waals surface area (Å²) in [5.74, 6) is 0.999. The smallest absolute Gasteiger partial charge is 0.213 e. The van der Waals surface area contributed by atoms with Crippen LogP contribution >= 0.6 is 11.6 Å². The van der Waals surface area contributed by atoms with E-state index in [-0.39, 0.29) is 0 Å². The number of halogens is 1. The van der Waals surface area contributed by atoms with Gasteiger partial charge in [-0.2, -0.15) is 0 Å². The fourth-order valence-corrected chi connectivity index (χ4v) is 1.96. The van der Waals surface area contributed by atoms with Crippen molar-refractivity contribution in [3.8, 4) is 11.6 Å². The fourth-order valence-electron chi connectivity index (χ4n) is 1.77. The summed E-state index contributed by atoms with van der Waals surface area (Å²) in [7, 11) is 3.07. The molecule has 0 bridgehead atoms. The van der Waals surface area contributed by atoms with Crippen molar-refractivity contribution in [3.05, 3.63) is 52.7 Å². The highest BCUT2D eigenvalue weighted by molar-refractivity contribution is 6.30. The second-order valence-corrected chi connectivity index (χ2v) is 4.33. The van der Waals surface area contributed by atoms with Gasteiger partial charge in [0.05, 0.1) is 19.9 Å². The molecule has 1 N–H and O–H groups in total. The number of hydrogen-bond donors (Lipinski definition) is 1. The highest BCUT2D eigenvalue weighted by atomic mass is 35.5. The van der Waals surface area contributed by atoms with E-state index in [1.54, 1.807) is 43.5 Å². The standard InChI is InChI=1S/C14H14ClNO3/c1-18-12-7-6-9(15)8-10(12)14(17)11-4-3-5-13(16-11)19-2/h3-8,14,17H,1-2H3. The van der Waals surface area contributed by atoms with Crippen molar-refractivity contribution >= 4 is 11.6 Å². The van der Waals surface area contributed by atoms with Gasteiger partial charge in [0.15, 0.2) is 0 Å². The minimum Gasteiger partial charge on any atom is -0.496 e. The van der Waals surface area contributed by atoms with Gasteiger partial charge in [0.2, 0.25) is 5.88 Å². The van der Waals surface area contributed by atoms with Gasteiger partial charge in [-0.15, -0.1) is 0 Å².